The van der Waals surface area contributed by atoms with Crippen molar-refractivity contribution in [2.75, 3.05) is 6.61 Å². The molecule has 1 fully saturated rings. The van der Waals surface area contributed by atoms with E-state index in [1.54, 1.807) is 12.2 Å². The number of fused-ring (bicyclic) bond motifs is 1. The molecule has 0 spiro atoms. The van der Waals surface area contributed by atoms with Gasteiger partial charge >= 0.3 is 5.97 Å². The zero-order valence-corrected chi connectivity index (χ0v) is 18.5. The van der Waals surface area contributed by atoms with Crippen LogP contribution in [0.4, 0.5) is 0 Å². The van der Waals surface area contributed by atoms with E-state index in [1.807, 2.05) is 25.2 Å². The van der Waals surface area contributed by atoms with Crippen molar-refractivity contribution in [3.8, 4) is 0 Å². The van der Waals surface area contributed by atoms with E-state index in [0.717, 1.165) is 24.5 Å². The van der Waals surface area contributed by atoms with Crippen LogP contribution in [0, 0.1) is 29.1 Å². The van der Waals surface area contributed by atoms with Crippen molar-refractivity contribution in [3.05, 3.63) is 71.9 Å². The van der Waals surface area contributed by atoms with E-state index in [2.05, 4.69) is 39.0 Å². The third kappa shape index (κ3) is 5.30. The molecule has 30 heavy (non-hydrogen) atoms. The van der Waals surface area contributed by atoms with E-state index in [9.17, 15) is 15.0 Å². The number of hydrogen-bond donors (Lipinski definition) is 3. The summed E-state index contributed by atoms with van der Waals surface area (Å²) < 4.78 is 0. The van der Waals surface area contributed by atoms with Crippen LogP contribution in [0.2, 0.25) is 0 Å². The van der Waals surface area contributed by atoms with E-state index in [0.29, 0.717) is 5.92 Å². The highest BCUT2D eigenvalue weighted by atomic mass is 16.4. The van der Waals surface area contributed by atoms with Crippen molar-refractivity contribution in [2.24, 2.45) is 29.1 Å². The molecule has 4 nitrogen and oxygen atoms in total. The van der Waals surface area contributed by atoms with Crippen LogP contribution in [0.25, 0.3) is 0 Å². The average molecular weight is 413 g/mol. The molecule has 0 aromatic heterocycles. The van der Waals surface area contributed by atoms with Crippen molar-refractivity contribution in [2.45, 2.75) is 46.6 Å². The Bertz CT molecular complexity index is 783. The lowest BCUT2D eigenvalue weighted by molar-refractivity contribution is -0.131. The van der Waals surface area contributed by atoms with Gasteiger partial charge in [-0.3, -0.25) is 0 Å². The third-order valence-corrected chi connectivity index (χ3v) is 6.92. The second kappa shape index (κ2) is 10.7. The molecule has 0 aromatic carbocycles. The Hall–Kier alpha value is -2.17. The van der Waals surface area contributed by atoms with Crippen molar-refractivity contribution in [1.29, 1.82) is 0 Å². The predicted octanol–water partition coefficient (Wildman–Crippen LogP) is 4.84. The lowest BCUT2D eigenvalue weighted by Gasteiger charge is -2.54. The number of carboxylic acids is 1. The first-order chi connectivity index (χ1) is 14.3. The van der Waals surface area contributed by atoms with Crippen LogP contribution in [0.3, 0.4) is 0 Å². The fourth-order valence-corrected chi connectivity index (χ4v) is 5.29. The molecule has 0 aromatic rings. The number of rotatable bonds is 7. The van der Waals surface area contributed by atoms with Gasteiger partial charge in [-0.2, -0.15) is 0 Å². The maximum absolute atomic E-state index is 10.9. The number of aliphatic carboxylic acids is 1. The van der Waals surface area contributed by atoms with Crippen LogP contribution in [0.1, 0.15) is 40.5 Å². The minimum Gasteiger partial charge on any atom is -0.478 e. The van der Waals surface area contributed by atoms with E-state index in [4.69, 9.17) is 5.11 Å². The summed E-state index contributed by atoms with van der Waals surface area (Å²) in [4.78, 5) is 10.5. The van der Waals surface area contributed by atoms with Gasteiger partial charge in [0.1, 0.15) is 0 Å². The molecule has 2 aliphatic rings. The Kier molecular flexibility index (Phi) is 8.63. The number of aliphatic hydroxyl groups is 2. The van der Waals surface area contributed by atoms with Crippen LogP contribution in [-0.2, 0) is 4.79 Å². The van der Waals surface area contributed by atoms with E-state index in [1.165, 1.54) is 11.6 Å². The smallest absolute Gasteiger partial charge is 0.328 e. The Morgan fingerprint density at radius 3 is 2.40 bits per heavy atom. The van der Waals surface area contributed by atoms with Crippen LogP contribution in [0.5, 0.6) is 0 Å². The average Bonchev–Trinajstić information content (AvgIpc) is 2.71. The molecule has 3 N–H and O–H groups in total. The molecule has 0 radical (unpaired) electrons. The Morgan fingerprint density at radius 1 is 1.17 bits per heavy atom. The molecular weight excluding hydrogens is 376 g/mol. The van der Waals surface area contributed by atoms with Crippen molar-refractivity contribution in [3.63, 3.8) is 0 Å². The Morgan fingerprint density at radius 2 is 1.80 bits per heavy atom. The van der Waals surface area contributed by atoms with E-state index >= 15 is 0 Å². The summed E-state index contributed by atoms with van der Waals surface area (Å²) in [6.45, 7) is 8.52. The quantitative estimate of drug-likeness (QED) is 0.318. The summed E-state index contributed by atoms with van der Waals surface area (Å²) in [5.74, 6) is -0.244. The maximum Gasteiger partial charge on any atom is 0.328 e. The second-order valence-electron chi connectivity index (χ2n) is 8.79. The van der Waals surface area contributed by atoms with Gasteiger partial charge in [-0.25, -0.2) is 4.79 Å². The van der Waals surface area contributed by atoms with Gasteiger partial charge in [0.25, 0.3) is 0 Å². The minimum atomic E-state index is -0.967. The summed E-state index contributed by atoms with van der Waals surface area (Å²) in [5, 5.41) is 29.6. The fraction of sp³-hybridized carbons (Fsp3) is 0.500. The highest BCUT2D eigenvalue weighted by Gasteiger charge is 2.51. The molecule has 0 aliphatic heterocycles. The third-order valence-electron chi connectivity index (χ3n) is 6.92. The van der Waals surface area contributed by atoms with E-state index < -0.39 is 5.97 Å². The number of carboxylic acid groups (broad SMARTS) is 1. The highest BCUT2D eigenvalue weighted by molar-refractivity contribution is 5.80. The molecule has 0 saturated heterocycles. The first-order valence-corrected chi connectivity index (χ1v) is 10.8. The number of carbonyl (C=O) groups is 1. The van der Waals surface area contributed by atoms with Crippen molar-refractivity contribution < 1.29 is 20.1 Å². The largest absolute Gasteiger partial charge is 0.478 e. The summed E-state index contributed by atoms with van der Waals surface area (Å²) in [5.41, 5.74) is 2.01. The topological polar surface area (TPSA) is 77.8 Å². The number of aliphatic hydroxyl groups excluding tert-OH is 2. The summed E-state index contributed by atoms with van der Waals surface area (Å²) >= 11 is 0. The van der Waals surface area contributed by atoms with Gasteiger partial charge in [-0.1, -0.05) is 74.1 Å². The van der Waals surface area contributed by atoms with Gasteiger partial charge in [-0.15, -0.1) is 0 Å². The molecule has 6 atom stereocenters. The fourth-order valence-electron chi connectivity index (χ4n) is 5.29. The van der Waals surface area contributed by atoms with Gasteiger partial charge in [-0.05, 0) is 49.5 Å². The Balaban J connectivity index is 2.36. The van der Waals surface area contributed by atoms with Gasteiger partial charge in [0.05, 0.1) is 12.7 Å². The summed E-state index contributed by atoms with van der Waals surface area (Å²) in [6.07, 6.45) is 20.0. The standard InChI is InChI=1S/C26H36O4/c1-5-18(2)24-20(17-27)16-21-22(14-13-19(3)25(21)30)26(24,4)15-11-9-7-6-8-10-12-23(28)29/h5-12,15-16,19,21-22,24-25,27,30H,13-14,17H2,1-4H3,(H,28,29)/b8-6+,9-7+,12-10+,15-11+,18-5+/t19-,21-,22+,24+,25-,26-/m0/s1. The monoisotopic (exact) mass is 412 g/mol. The zero-order chi connectivity index (χ0) is 22.3. The summed E-state index contributed by atoms with van der Waals surface area (Å²) in [7, 11) is 0. The SMILES string of the molecule is C/C=C(\C)[C@@H]1C(CO)=C[C@@H]2[C@@H](O)[C@@H](C)CC[C@H]2[C@]1(C)/C=C/C=C/C=C/C=C/C(=O)O. The second-order valence-corrected chi connectivity index (χ2v) is 8.79. The maximum atomic E-state index is 10.9. The zero-order valence-electron chi connectivity index (χ0n) is 18.5. The molecule has 164 valence electrons. The highest BCUT2D eigenvalue weighted by Crippen LogP contribution is 2.56. The first kappa shape index (κ1) is 24.1. The lowest BCUT2D eigenvalue weighted by atomic mass is 9.51. The van der Waals surface area contributed by atoms with Gasteiger partial charge in [0.15, 0.2) is 0 Å². The van der Waals surface area contributed by atoms with Crippen LogP contribution in [-0.4, -0.2) is 34.0 Å². The molecule has 0 heterocycles. The van der Waals surface area contributed by atoms with E-state index in [-0.39, 0.29) is 35.9 Å². The lowest BCUT2D eigenvalue weighted by Crippen LogP contribution is -2.50. The molecule has 2 aliphatic carbocycles. The summed E-state index contributed by atoms with van der Waals surface area (Å²) in [6, 6.07) is 0. The number of hydrogen-bond acceptors (Lipinski definition) is 3. The molecule has 1 saturated carbocycles. The van der Waals surface area contributed by atoms with Crippen LogP contribution in [0.15, 0.2) is 71.9 Å². The van der Waals surface area contributed by atoms with Crippen molar-refractivity contribution in [1.82, 2.24) is 0 Å². The molecular formula is C26H36O4. The minimum absolute atomic E-state index is 0.00190. The van der Waals surface area contributed by atoms with Crippen molar-refractivity contribution >= 4 is 5.97 Å². The molecule has 0 bridgehead atoms. The predicted molar refractivity (Wildman–Crippen MR) is 122 cm³/mol. The van der Waals surface area contributed by atoms with Gasteiger partial charge in [0.2, 0.25) is 0 Å². The van der Waals surface area contributed by atoms with Gasteiger partial charge in [0, 0.05) is 17.9 Å². The molecule has 0 amide bonds. The Labute approximate surface area is 180 Å². The van der Waals surface area contributed by atoms with Gasteiger partial charge < -0.3 is 15.3 Å². The normalized spacial score (nSPS) is 35.5. The van der Waals surface area contributed by atoms with Crippen LogP contribution >= 0.6 is 0 Å². The first-order valence-electron chi connectivity index (χ1n) is 10.8. The molecule has 4 heteroatoms. The number of allylic oxidation sites excluding steroid dienone is 9. The van der Waals surface area contributed by atoms with Crippen LogP contribution < -0.4 is 0 Å². The molecule has 2 rings (SSSR count). The molecule has 0 unspecified atom stereocenters.